The average molecular weight is 589 g/mol. The molecule has 8 bridgehead atoms. The van der Waals surface area contributed by atoms with Crippen LogP contribution in [0, 0.1) is 27.7 Å². The third kappa shape index (κ3) is 4.40. The Kier molecular flexibility index (Phi) is 5.95. The van der Waals surface area contributed by atoms with Gasteiger partial charge in [0.05, 0.1) is 16.9 Å². The topological polar surface area (TPSA) is 74.4 Å². The monoisotopic (exact) mass is 588 g/mol. The van der Waals surface area contributed by atoms with Crippen molar-refractivity contribution in [3.63, 3.8) is 0 Å². The summed E-state index contributed by atoms with van der Waals surface area (Å²) in [6, 6.07) is 21.6. The molecule has 3 aromatic heterocycles. The molecule has 0 spiro atoms. The number of hydrogen-bond acceptors (Lipinski definition) is 3. The van der Waals surface area contributed by atoms with Crippen LogP contribution in [0.15, 0.2) is 60.7 Å². The Bertz CT molecular complexity index is 2270. The molecule has 0 saturated heterocycles. The van der Waals surface area contributed by atoms with E-state index >= 15 is 0 Å². The van der Waals surface area contributed by atoms with E-state index in [2.05, 4.69) is 118 Å². The lowest BCUT2D eigenvalue weighted by Gasteiger charge is -2.16. The van der Waals surface area contributed by atoms with Crippen LogP contribution in [-0.4, -0.2) is 25.7 Å². The first-order valence-corrected chi connectivity index (χ1v) is 15.7. The van der Waals surface area contributed by atoms with Gasteiger partial charge in [-0.3, -0.25) is 9.78 Å². The summed E-state index contributed by atoms with van der Waals surface area (Å²) in [5.74, 6) is 0.137. The van der Waals surface area contributed by atoms with Gasteiger partial charge in [0.15, 0.2) is 5.78 Å². The van der Waals surface area contributed by atoms with Crippen LogP contribution >= 0.6 is 0 Å². The lowest BCUT2D eigenvalue weighted by atomic mass is 9.86. The lowest BCUT2D eigenvalue weighted by Crippen LogP contribution is -2.15. The summed E-state index contributed by atoms with van der Waals surface area (Å²) in [7, 11) is 0. The third-order valence-corrected chi connectivity index (χ3v) is 9.62. The van der Waals surface area contributed by atoms with Crippen LogP contribution < -0.4 is 0 Å². The molecule has 0 fully saturated rings. The highest BCUT2D eigenvalue weighted by atomic mass is 16.1. The number of H-pyrrole nitrogens is 2. The van der Waals surface area contributed by atoms with Gasteiger partial charge in [-0.05, 0) is 86.4 Å². The van der Waals surface area contributed by atoms with Gasteiger partial charge in [0, 0.05) is 68.4 Å². The standard InChI is InChI=1S/C40H36N4O/c1-21-7-9-25(10-8-21)37-29-12-11-26(41-29)17-35-40(5,6)20-33(43-35)27-19-34(45)28-18-32(44-39(27)28)38(31-14-13-30(37)42-31)36-23(3)15-22(2)16-24(36)4/h7-18,41,44H,19-20H2,1-6H3. The zero-order valence-corrected chi connectivity index (χ0v) is 26.6. The van der Waals surface area contributed by atoms with E-state index in [9.17, 15) is 4.79 Å². The highest BCUT2D eigenvalue weighted by Crippen LogP contribution is 2.41. The molecule has 3 aliphatic rings. The summed E-state index contributed by atoms with van der Waals surface area (Å²) < 4.78 is 0. The van der Waals surface area contributed by atoms with Crippen molar-refractivity contribution in [2.24, 2.45) is 0 Å². The number of carbonyl (C=O) groups is 1. The van der Waals surface area contributed by atoms with Crippen LogP contribution in [0.5, 0.6) is 0 Å². The maximum atomic E-state index is 13.5. The van der Waals surface area contributed by atoms with E-state index < -0.39 is 0 Å². The van der Waals surface area contributed by atoms with Crippen LogP contribution in [0.1, 0.15) is 74.8 Å². The number of ketones is 1. The fourth-order valence-electron chi connectivity index (χ4n) is 7.45. The maximum Gasteiger partial charge on any atom is 0.169 e. The minimum absolute atomic E-state index is 0.137. The molecule has 1 aliphatic carbocycles. The first-order chi connectivity index (χ1) is 21.6. The molecule has 5 aromatic rings. The van der Waals surface area contributed by atoms with Crippen molar-refractivity contribution >= 4 is 40.0 Å². The van der Waals surface area contributed by atoms with Gasteiger partial charge in [-0.2, -0.15) is 0 Å². The second-order valence-corrected chi connectivity index (χ2v) is 13.6. The van der Waals surface area contributed by atoms with Gasteiger partial charge in [0.2, 0.25) is 0 Å². The SMILES string of the molecule is Cc1ccc(-c2c3nc(c(-c4c(C)cc(C)cc4C)c4cc5c([nH]4)c(c4nc(cc6ccc2[nH]6)C(C)(C)C4)CC5=O)C=C3)cc1. The number of nitrogens with one attached hydrogen (secondary N) is 2. The Morgan fingerprint density at radius 2 is 1.42 bits per heavy atom. The normalized spacial score (nSPS) is 14.8. The summed E-state index contributed by atoms with van der Waals surface area (Å²) in [6.45, 7) is 13.0. The van der Waals surface area contributed by atoms with E-state index in [4.69, 9.17) is 9.97 Å². The zero-order chi connectivity index (χ0) is 31.2. The molecular formula is C40H36N4O. The molecule has 0 radical (unpaired) electrons. The number of hydrogen-bond donors (Lipinski definition) is 2. The predicted octanol–water partition coefficient (Wildman–Crippen LogP) is 9.31. The van der Waals surface area contributed by atoms with Crippen LogP contribution in [0.2, 0.25) is 0 Å². The number of Topliss-reactive ketones (excluding diaryl/α,β-unsaturated/α-hetero) is 1. The van der Waals surface area contributed by atoms with Crippen LogP contribution in [-0.2, 0) is 18.3 Å². The molecule has 45 heavy (non-hydrogen) atoms. The highest BCUT2D eigenvalue weighted by molar-refractivity contribution is 6.12. The van der Waals surface area contributed by atoms with Crippen molar-refractivity contribution in [3.05, 3.63) is 117 Å². The van der Waals surface area contributed by atoms with Gasteiger partial charge in [0.25, 0.3) is 0 Å². The third-order valence-electron chi connectivity index (χ3n) is 9.62. The number of aromatic nitrogens is 4. The predicted molar refractivity (Wildman–Crippen MR) is 185 cm³/mol. The maximum absolute atomic E-state index is 13.5. The van der Waals surface area contributed by atoms with Gasteiger partial charge in [-0.25, -0.2) is 4.98 Å². The Balaban J connectivity index is 1.58. The summed E-state index contributed by atoms with van der Waals surface area (Å²) in [6.07, 6.45) is 5.40. The number of carbonyl (C=O) groups excluding carboxylic acids is 1. The molecule has 5 heterocycles. The second-order valence-electron chi connectivity index (χ2n) is 13.6. The van der Waals surface area contributed by atoms with Gasteiger partial charge in [-0.1, -0.05) is 61.4 Å². The van der Waals surface area contributed by atoms with Crippen molar-refractivity contribution in [1.82, 2.24) is 19.9 Å². The number of rotatable bonds is 2. The second kappa shape index (κ2) is 9.73. The molecule has 0 atom stereocenters. The number of fused-ring (bicyclic) bond motifs is 8. The zero-order valence-electron chi connectivity index (χ0n) is 26.6. The molecule has 5 nitrogen and oxygen atoms in total. The Hall–Kier alpha value is -5.03. The highest BCUT2D eigenvalue weighted by Gasteiger charge is 2.34. The molecule has 0 amide bonds. The number of nitrogens with zero attached hydrogens (tertiary/aromatic N) is 2. The molecule has 0 unspecified atom stereocenters. The van der Waals surface area contributed by atoms with Crippen molar-refractivity contribution in [2.45, 2.75) is 59.8 Å². The van der Waals surface area contributed by atoms with E-state index in [0.29, 0.717) is 6.42 Å². The summed E-state index contributed by atoms with van der Waals surface area (Å²) >= 11 is 0. The van der Waals surface area contributed by atoms with Crippen LogP contribution in [0.25, 0.3) is 56.5 Å². The van der Waals surface area contributed by atoms with Crippen molar-refractivity contribution < 1.29 is 4.79 Å². The molecule has 0 saturated carbocycles. The molecule has 222 valence electrons. The largest absolute Gasteiger partial charge is 0.355 e. The van der Waals surface area contributed by atoms with E-state index in [0.717, 1.165) is 84.6 Å². The summed E-state index contributed by atoms with van der Waals surface area (Å²) in [5.41, 5.74) is 18.3. The number of aryl methyl sites for hydroxylation is 4. The van der Waals surface area contributed by atoms with Gasteiger partial charge in [-0.15, -0.1) is 0 Å². The first kappa shape index (κ1) is 27.5. The Morgan fingerprint density at radius 1 is 0.711 bits per heavy atom. The van der Waals surface area contributed by atoms with E-state index in [1.54, 1.807) is 0 Å². The van der Waals surface area contributed by atoms with Crippen molar-refractivity contribution in [3.8, 4) is 22.3 Å². The van der Waals surface area contributed by atoms with E-state index in [-0.39, 0.29) is 11.2 Å². The van der Waals surface area contributed by atoms with Crippen molar-refractivity contribution in [2.75, 3.05) is 0 Å². The van der Waals surface area contributed by atoms with Crippen LogP contribution in [0.3, 0.4) is 0 Å². The number of aromatic amines is 2. The van der Waals surface area contributed by atoms with Gasteiger partial charge in [0.1, 0.15) is 0 Å². The summed E-state index contributed by atoms with van der Waals surface area (Å²) in [4.78, 5) is 31.5. The van der Waals surface area contributed by atoms with Gasteiger partial charge < -0.3 is 9.97 Å². The van der Waals surface area contributed by atoms with E-state index in [1.807, 2.05) is 6.07 Å². The number of benzene rings is 2. The molecule has 2 aliphatic heterocycles. The molecule has 2 aromatic carbocycles. The smallest absolute Gasteiger partial charge is 0.169 e. The molecule has 5 heteroatoms. The Morgan fingerprint density at radius 3 is 2.16 bits per heavy atom. The average Bonchev–Trinajstić information content (AvgIpc) is 3.80. The quantitative estimate of drug-likeness (QED) is 0.212. The molecule has 8 rings (SSSR count). The fourth-order valence-corrected chi connectivity index (χ4v) is 7.45. The Labute approximate surface area is 263 Å². The summed E-state index contributed by atoms with van der Waals surface area (Å²) in [5, 5.41) is 0. The minimum atomic E-state index is -0.165. The molecule has 2 N–H and O–H groups in total. The van der Waals surface area contributed by atoms with Crippen LogP contribution in [0.4, 0.5) is 0 Å². The fraction of sp³-hybridized carbons (Fsp3) is 0.225. The van der Waals surface area contributed by atoms with E-state index in [1.165, 1.54) is 22.3 Å². The van der Waals surface area contributed by atoms with Gasteiger partial charge >= 0.3 is 0 Å². The minimum Gasteiger partial charge on any atom is -0.355 e. The molecular weight excluding hydrogens is 552 g/mol. The first-order valence-electron chi connectivity index (χ1n) is 15.7. The lowest BCUT2D eigenvalue weighted by molar-refractivity contribution is 0.0999. The van der Waals surface area contributed by atoms with Crippen molar-refractivity contribution in [1.29, 1.82) is 0 Å².